The SMILES string of the molecule is COC(=O)[C@](C)(C[C@H](OS(=O)(=O)c1ccc(C)cc1)C(=O)O)CP(=O)(OCc1ccccc1)OCc1ccccc1. The first-order valence-corrected chi connectivity index (χ1v) is 15.8. The van der Waals surface area contributed by atoms with Gasteiger partial charge in [0.1, 0.15) is 0 Å². The van der Waals surface area contributed by atoms with E-state index >= 15 is 0 Å². The molecule has 0 aliphatic carbocycles. The summed E-state index contributed by atoms with van der Waals surface area (Å²) in [5.41, 5.74) is 0.320. The molecule has 0 amide bonds. The third-order valence-corrected chi connectivity index (χ3v) is 9.69. The van der Waals surface area contributed by atoms with E-state index in [1.54, 1.807) is 67.6 Å². The molecule has 220 valence electrons. The van der Waals surface area contributed by atoms with E-state index in [4.69, 9.17) is 18.0 Å². The molecular formula is C29H33O10PS. The lowest BCUT2D eigenvalue weighted by Crippen LogP contribution is -2.41. The first-order chi connectivity index (χ1) is 19.4. The van der Waals surface area contributed by atoms with Gasteiger partial charge >= 0.3 is 19.5 Å². The van der Waals surface area contributed by atoms with Gasteiger partial charge in [-0.2, -0.15) is 8.42 Å². The van der Waals surface area contributed by atoms with Crippen molar-refractivity contribution in [3.63, 3.8) is 0 Å². The average Bonchev–Trinajstić information content (AvgIpc) is 2.95. The molecule has 12 heteroatoms. The minimum absolute atomic E-state index is 0.120. The molecule has 1 N–H and O–H groups in total. The number of carboxylic acid groups (broad SMARTS) is 1. The Hall–Kier alpha value is -3.34. The fourth-order valence-corrected chi connectivity index (χ4v) is 7.09. The Balaban J connectivity index is 1.90. The van der Waals surface area contributed by atoms with Crippen LogP contribution in [-0.4, -0.2) is 44.8 Å². The van der Waals surface area contributed by atoms with Crippen LogP contribution in [0.1, 0.15) is 30.0 Å². The summed E-state index contributed by atoms with van der Waals surface area (Å²) in [5, 5.41) is 9.87. The van der Waals surface area contributed by atoms with Crippen molar-refractivity contribution < 1.29 is 45.6 Å². The second-order valence-electron chi connectivity index (χ2n) is 9.73. The Morgan fingerprint density at radius 1 is 0.878 bits per heavy atom. The van der Waals surface area contributed by atoms with Crippen molar-refractivity contribution in [3.05, 3.63) is 102 Å². The van der Waals surface area contributed by atoms with Crippen molar-refractivity contribution in [2.45, 2.75) is 44.5 Å². The maximum atomic E-state index is 14.1. The minimum Gasteiger partial charge on any atom is -0.479 e. The fourth-order valence-electron chi connectivity index (χ4n) is 3.99. The van der Waals surface area contributed by atoms with Crippen LogP contribution in [-0.2, 0) is 55.5 Å². The van der Waals surface area contributed by atoms with Gasteiger partial charge in [-0.1, -0.05) is 78.4 Å². The number of carbonyl (C=O) groups is 2. The number of rotatable bonds is 15. The molecule has 0 bridgehead atoms. The molecule has 41 heavy (non-hydrogen) atoms. The number of aliphatic carboxylic acids is 1. The van der Waals surface area contributed by atoms with Crippen molar-refractivity contribution in [3.8, 4) is 0 Å². The second kappa shape index (κ2) is 14.0. The zero-order chi connectivity index (χ0) is 30.1. The van der Waals surface area contributed by atoms with Crippen molar-refractivity contribution in [1.29, 1.82) is 0 Å². The Labute approximate surface area is 239 Å². The third kappa shape index (κ3) is 9.34. The molecule has 0 saturated heterocycles. The summed E-state index contributed by atoms with van der Waals surface area (Å²) < 4.78 is 61.4. The van der Waals surface area contributed by atoms with E-state index in [9.17, 15) is 27.7 Å². The largest absolute Gasteiger partial charge is 0.479 e. The third-order valence-electron chi connectivity index (χ3n) is 6.23. The normalized spacial score (nSPS) is 14.1. The minimum atomic E-state index is -4.53. The Morgan fingerprint density at radius 2 is 1.37 bits per heavy atom. The van der Waals surface area contributed by atoms with Gasteiger partial charge < -0.3 is 18.9 Å². The molecule has 0 aromatic heterocycles. The summed E-state index contributed by atoms with van der Waals surface area (Å²) >= 11 is 0. The molecule has 3 aromatic rings. The highest BCUT2D eigenvalue weighted by Gasteiger charge is 2.47. The second-order valence-corrected chi connectivity index (χ2v) is 13.4. The topological polar surface area (TPSA) is 142 Å². The zero-order valence-electron chi connectivity index (χ0n) is 23.0. The number of carboxylic acids is 1. The highest BCUT2D eigenvalue weighted by Crippen LogP contribution is 2.55. The molecule has 0 unspecified atom stereocenters. The van der Waals surface area contributed by atoms with Gasteiger partial charge in [0.2, 0.25) is 0 Å². The molecule has 3 aromatic carbocycles. The van der Waals surface area contributed by atoms with Gasteiger partial charge in [0, 0.05) is 6.42 Å². The van der Waals surface area contributed by atoms with Gasteiger partial charge in [-0.25, -0.2) is 4.79 Å². The lowest BCUT2D eigenvalue weighted by atomic mass is 9.86. The number of methoxy groups -OCH3 is 1. The smallest absolute Gasteiger partial charge is 0.334 e. The van der Waals surface area contributed by atoms with Crippen LogP contribution in [0.15, 0.2) is 89.8 Å². The highest BCUT2D eigenvalue weighted by molar-refractivity contribution is 7.86. The Morgan fingerprint density at radius 3 is 1.80 bits per heavy atom. The van der Waals surface area contributed by atoms with Crippen LogP contribution in [0.2, 0.25) is 0 Å². The number of carbonyl (C=O) groups excluding carboxylic acids is 1. The first-order valence-electron chi connectivity index (χ1n) is 12.6. The number of hydrogen-bond donors (Lipinski definition) is 1. The van der Waals surface area contributed by atoms with Crippen molar-refractivity contribution in [1.82, 2.24) is 0 Å². The van der Waals surface area contributed by atoms with Crippen molar-refractivity contribution >= 4 is 29.7 Å². The lowest BCUT2D eigenvalue weighted by Gasteiger charge is -2.32. The summed E-state index contributed by atoms with van der Waals surface area (Å²) in [7, 11) is -7.58. The van der Waals surface area contributed by atoms with E-state index < -0.39 is 53.8 Å². The monoisotopic (exact) mass is 604 g/mol. The van der Waals surface area contributed by atoms with E-state index in [0.29, 0.717) is 11.1 Å². The molecule has 2 atom stereocenters. The molecule has 0 heterocycles. The number of ether oxygens (including phenoxy) is 1. The zero-order valence-corrected chi connectivity index (χ0v) is 24.7. The fraction of sp³-hybridized carbons (Fsp3) is 0.310. The van der Waals surface area contributed by atoms with Gasteiger partial charge in [0.05, 0.1) is 36.8 Å². The maximum Gasteiger partial charge on any atom is 0.334 e. The highest BCUT2D eigenvalue weighted by atomic mass is 32.2. The quantitative estimate of drug-likeness (QED) is 0.137. The van der Waals surface area contributed by atoms with E-state index in [-0.39, 0.29) is 18.1 Å². The lowest BCUT2D eigenvalue weighted by molar-refractivity contribution is -0.155. The summed E-state index contributed by atoms with van der Waals surface area (Å²) in [6.45, 7) is 2.83. The van der Waals surface area contributed by atoms with Crippen molar-refractivity contribution in [2.75, 3.05) is 13.3 Å². The molecule has 0 fully saturated rings. The van der Waals surface area contributed by atoms with Gasteiger partial charge in [0.15, 0.2) is 6.10 Å². The van der Waals surface area contributed by atoms with Crippen LogP contribution >= 0.6 is 7.60 Å². The van der Waals surface area contributed by atoms with Crippen LogP contribution in [0.5, 0.6) is 0 Å². The molecular weight excluding hydrogens is 571 g/mol. The summed E-state index contributed by atoms with van der Waals surface area (Å²) in [6.07, 6.45) is -3.32. The van der Waals surface area contributed by atoms with E-state index in [2.05, 4.69) is 0 Å². The molecule has 3 rings (SSSR count). The van der Waals surface area contributed by atoms with Crippen LogP contribution in [0, 0.1) is 12.3 Å². The number of aryl methyl sites for hydroxylation is 1. The molecule has 0 aliphatic rings. The standard InChI is InChI=1S/C29H33O10PS/c1-22-14-16-25(17-15-22)41(34,35)39-26(27(30)31)18-29(2,28(32)36-3)21-40(33,37-19-23-10-6-4-7-11-23)38-20-24-12-8-5-9-13-24/h4-17,26H,18-21H2,1-3H3,(H,30,31)/t26-,29+/m0/s1. The summed E-state index contributed by atoms with van der Waals surface area (Å²) in [6, 6.07) is 23.4. The predicted molar refractivity (Wildman–Crippen MR) is 151 cm³/mol. The van der Waals surface area contributed by atoms with E-state index in [0.717, 1.165) is 12.7 Å². The van der Waals surface area contributed by atoms with Crippen molar-refractivity contribution in [2.24, 2.45) is 5.41 Å². The molecule has 10 nitrogen and oxygen atoms in total. The van der Waals surface area contributed by atoms with Gasteiger partial charge in [0.25, 0.3) is 10.1 Å². The Kier molecular flexibility index (Phi) is 11.0. The van der Waals surface area contributed by atoms with Gasteiger partial charge in [-0.05, 0) is 37.1 Å². The average molecular weight is 605 g/mol. The molecule has 0 saturated carbocycles. The molecule has 0 aliphatic heterocycles. The predicted octanol–water partition coefficient (Wildman–Crippen LogP) is 5.35. The number of benzene rings is 3. The van der Waals surface area contributed by atoms with Crippen LogP contribution in [0.3, 0.4) is 0 Å². The summed E-state index contributed by atoms with van der Waals surface area (Å²) in [4.78, 5) is 25.0. The number of esters is 1. The van der Waals surface area contributed by atoms with Gasteiger partial charge in [-0.3, -0.25) is 13.5 Å². The molecule has 0 radical (unpaired) electrons. The molecule has 0 spiro atoms. The van der Waals surface area contributed by atoms with Crippen LogP contribution < -0.4 is 0 Å². The Bertz CT molecular complexity index is 1410. The summed E-state index contributed by atoms with van der Waals surface area (Å²) in [5.74, 6) is -2.58. The van der Waals surface area contributed by atoms with E-state index in [1.165, 1.54) is 31.2 Å². The van der Waals surface area contributed by atoms with E-state index in [1.807, 2.05) is 0 Å². The van der Waals surface area contributed by atoms with Gasteiger partial charge in [-0.15, -0.1) is 0 Å². The number of hydrogen-bond acceptors (Lipinski definition) is 9. The van der Waals surface area contributed by atoms with Crippen LogP contribution in [0.25, 0.3) is 0 Å². The first kappa shape index (κ1) is 32.2. The van der Waals surface area contributed by atoms with Crippen LogP contribution in [0.4, 0.5) is 0 Å². The maximum absolute atomic E-state index is 14.1.